The van der Waals surface area contributed by atoms with Crippen LogP contribution in [0, 0.1) is 17.0 Å². The number of nitro benzene ring substituents is 1. The molecule has 1 atom stereocenters. The summed E-state index contributed by atoms with van der Waals surface area (Å²) >= 11 is 0. The molecule has 1 amide bonds. The first kappa shape index (κ1) is 19.2. The molecule has 8 nitrogen and oxygen atoms in total. The van der Waals surface area contributed by atoms with Crippen LogP contribution in [0.3, 0.4) is 0 Å². The Morgan fingerprint density at radius 3 is 2.43 bits per heavy atom. The lowest BCUT2D eigenvalue weighted by atomic mass is 10.1. The Morgan fingerprint density at radius 2 is 1.82 bits per heavy atom. The molecule has 0 saturated carbocycles. The van der Waals surface area contributed by atoms with Crippen molar-refractivity contribution in [1.82, 2.24) is 5.32 Å². The van der Waals surface area contributed by atoms with Crippen LogP contribution in [0.4, 0.5) is 5.69 Å². The number of nitrogens with one attached hydrogen (secondary N) is 1. The minimum absolute atomic E-state index is 0.122. The monoisotopic (exact) mass is 384 g/mol. The van der Waals surface area contributed by atoms with Crippen LogP contribution < -0.4 is 14.8 Å². The second-order valence-corrected chi connectivity index (χ2v) is 6.26. The van der Waals surface area contributed by atoms with Gasteiger partial charge in [-0.05, 0) is 19.9 Å². The van der Waals surface area contributed by atoms with Gasteiger partial charge in [-0.25, -0.2) is 0 Å². The molecule has 0 aliphatic heterocycles. The van der Waals surface area contributed by atoms with Crippen molar-refractivity contribution in [2.45, 2.75) is 19.9 Å². The smallest absolute Gasteiger partial charge is 0.286 e. The van der Waals surface area contributed by atoms with E-state index in [-0.39, 0.29) is 22.7 Å². The summed E-state index contributed by atoms with van der Waals surface area (Å²) in [7, 11) is 2.76. The summed E-state index contributed by atoms with van der Waals surface area (Å²) in [5.74, 6) is 0.385. The summed E-state index contributed by atoms with van der Waals surface area (Å²) in [5.41, 5.74) is 1.13. The highest BCUT2D eigenvalue weighted by molar-refractivity contribution is 5.99. The first-order valence-electron chi connectivity index (χ1n) is 8.56. The van der Waals surface area contributed by atoms with Crippen LogP contribution in [0.1, 0.15) is 34.6 Å². The Hall–Kier alpha value is -3.55. The van der Waals surface area contributed by atoms with Crippen molar-refractivity contribution in [3.63, 3.8) is 0 Å². The van der Waals surface area contributed by atoms with Gasteiger partial charge in [-0.15, -0.1) is 0 Å². The van der Waals surface area contributed by atoms with Gasteiger partial charge in [0.1, 0.15) is 16.9 Å². The highest BCUT2D eigenvalue weighted by atomic mass is 16.6. The highest BCUT2D eigenvalue weighted by Gasteiger charge is 2.27. The lowest BCUT2D eigenvalue weighted by molar-refractivity contribution is -0.385. The van der Waals surface area contributed by atoms with Gasteiger partial charge >= 0.3 is 0 Å². The number of ether oxygens (including phenoxy) is 2. The van der Waals surface area contributed by atoms with Gasteiger partial charge in [-0.2, -0.15) is 0 Å². The molecular weight excluding hydrogens is 364 g/mol. The van der Waals surface area contributed by atoms with E-state index in [1.54, 1.807) is 6.92 Å². The maximum Gasteiger partial charge on any atom is 0.286 e. The van der Waals surface area contributed by atoms with E-state index in [4.69, 9.17) is 13.9 Å². The Kier molecular flexibility index (Phi) is 5.21. The van der Waals surface area contributed by atoms with E-state index in [2.05, 4.69) is 5.32 Å². The molecule has 28 heavy (non-hydrogen) atoms. The second kappa shape index (κ2) is 7.59. The first-order chi connectivity index (χ1) is 13.4. The molecule has 0 saturated heterocycles. The number of carbonyl (C=O) groups is 1. The van der Waals surface area contributed by atoms with Crippen LogP contribution in [0.25, 0.3) is 11.0 Å². The maximum atomic E-state index is 12.8. The van der Waals surface area contributed by atoms with E-state index in [0.717, 1.165) is 10.9 Å². The molecule has 0 radical (unpaired) electrons. The Bertz CT molecular complexity index is 1060. The van der Waals surface area contributed by atoms with Crippen molar-refractivity contribution in [2.75, 3.05) is 14.2 Å². The molecular formula is C20H20N2O6. The van der Waals surface area contributed by atoms with Gasteiger partial charge < -0.3 is 19.2 Å². The fourth-order valence-corrected chi connectivity index (χ4v) is 3.15. The van der Waals surface area contributed by atoms with Crippen LogP contribution in [-0.4, -0.2) is 25.1 Å². The molecule has 3 rings (SSSR count). The zero-order valence-electron chi connectivity index (χ0n) is 15.9. The van der Waals surface area contributed by atoms with Crippen molar-refractivity contribution in [2.24, 2.45) is 0 Å². The van der Waals surface area contributed by atoms with E-state index in [9.17, 15) is 14.9 Å². The summed E-state index contributed by atoms with van der Waals surface area (Å²) in [6, 6.07) is 9.53. The van der Waals surface area contributed by atoms with Gasteiger partial charge in [0.25, 0.3) is 11.6 Å². The second-order valence-electron chi connectivity index (χ2n) is 6.26. The third-order valence-corrected chi connectivity index (χ3v) is 4.56. The average Bonchev–Trinajstić information content (AvgIpc) is 3.03. The van der Waals surface area contributed by atoms with E-state index >= 15 is 0 Å². The van der Waals surface area contributed by atoms with E-state index in [1.165, 1.54) is 26.4 Å². The van der Waals surface area contributed by atoms with Crippen LogP contribution in [0.5, 0.6) is 11.5 Å². The molecule has 1 N–H and O–H groups in total. The molecule has 2 aromatic carbocycles. The topological polar surface area (TPSA) is 104 Å². The molecule has 0 spiro atoms. The van der Waals surface area contributed by atoms with Gasteiger partial charge in [0.15, 0.2) is 11.5 Å². The van der Waals surface area contributed by atoms with Crippen LogP contribution >= 0.6 is 0 Å². The molecule has 1 heterocycles. The number of rotatable bonds is 6. The third kappa shape index (κ3) is 3.36. The quantitative estimate of drug-likeness (QED) is 0.505. The van der Waals surface area contributed by atoms with E-state index in [1.807, 2.05) is 31.2 Å². The number of para-hydroxylation sites is 1. The molecule has 0 bridgehead atoms. The number of nitrogens with zero attached hydrogens (tertiary/aromatic N) is 1. The number of benzene rings is 2. The first-order valence-corrected chi connectivity index (χ1v) is 8.56. The molecule has 3 aromatic rings. The predicted octanol–water partition coefficient (Wildman–Crippen LogP) is 4.16. The Morgan fingerprint density at radius 1 is 1.18 bits per heavy atom. The largest absolute Gasteiger partial charge is 0.493 e. The number of nitro groups is 1. The maximum absolute atomic E-state index is 12.8. The van der Waals surface area contributed by atoms with Crippen molar-refractivity contribution >= 4 is 22.6 Å². The molecule has 146 valence electrons. The normalized spacial score (nSPS) is 11.9. The number of furan rings is 1. The summed E-state index contributed by atoms with van der Waals surface area (Å²) in [6.45, 7) is 3.66. The zero-order valence-corrected chi connectivity index (χ0v) is 15.9. The Balaban J connectivity index is 1.95. The number of hydrogen-bond donors (Lipinski definition) is 1. The van der Waals surface area contributed by atoms with Crippen molar-refractivity contribution < 1.29 is 23.6 Å². The van der Waals surface area contributed by atoms with E-state index < -0.39 is 16.9 Å². The number of amides is 1. The number of carbonyl (C=O) groups excluding carboxylic acids is 1. The third-order valence-electron chi connectivity index (χ3n) is 4.56. The van der Waals surface area contributed by atoms with Gasteiger partial charge in [0.2, 0.25) is 0 Å². The van der Waals surface area contributed by atoms with Gasteiger partial charge in [0.05, 0.1) is 31.3 Å². The molecule has 8 heteroatoms. The highest BCUT2D eigenvalue weighted by Crippen LogP contribution is 2.35. The van der Waals surface area contributed by atoms with Gasteiger partial charge in [-0.1, -0.05) is 18.2 Å². The van der Waals surface area contributed by atoms with Crippen molar-refractivity contribution in [3.05, 3.63) is 63.4 Å². The molecule has 1 unspecified atom stereocenters. The zero-order chi connectivity index (χ0) is 20.4. The minimum atomic E-state index is -0.631. The average molecular weight is 384 g/mol. The Labute approximate surface area is 161 Å². The van der Waals surface area contributed by atoms with Crippen LogP contribution in [0.2, 0.25) is 0 Å². The lowest BCUT2D eigenvalue weighted by Crippen LogP contribution is -2.27. The van der Waals surface area contributed by atoms with Gasteiger partial charge in [0, 0.05) is 17.0 Å². The number of aryl methyl sites for hydroxylation is 1. The summed E-state index contributed by atoms with van der Waals surface area (Å²) in [5, 5.41) is 15.2. The molecule has 1 aromatic heterocycles. The summed E-state index contributed by atoms with van der Waals surface area (Å²) < 4.78 is 16.1. The lowest BCUT2D eigenvalue weighted by Gasteiger charge is -2.14. The van der Waals surface area contributed by atoms with E-state index in [0.29, 0.717) is 11.3 Å². The summed E-state index contributed by atoms with van der Waals surface area (Å²) in [4.78, 5) is 23.6. The fraction of sp³-hybridized carbons (Fsp3) is 0.250. The molecule has 0 fully saturated rings. The van der Waals surface area contributed by atoms with Crippen molar-refractivity contribution in [1.29, 1.82) is 0 Å². The SMILES string of the molecule is COc1cc(C(=O)NC(C)c2oc3ccccc3c2C)c([N+](=O)[O-])cc1OC. The minimum Gasteiger partial charge on any atom is -0.493 e. The van der Waals surface area contributed by atoms with Crippen LogP contribution in [-0.2, 0) is 0 Å². The standard InChI is InChI=1S/C20H20N2O6/c1-11-13-7-5-6-8-16(13)28-19(11)12(2)21-20(23)14-9-17(26-3)18(27-4)10-15(14)22(24)25/h5-10,12H,1-4H3,(H,21,23). The predicted molar refractivity (Wildman–Crippen MR) is 103 cm³/mol. The van der Waals surface area contributed by atoms with Crippen molar-refractivity contribution in [3.8, 4) is 11.5 Å². The number of hydrogen-bond acceptors (Lipinski definition) is 6. The number of methoxy groups -OCH3 is 2. The van der Waals surface area contributed by atoms with Crippen LogP contribution in [0.15, 0.2) is 40.8 Å². The summed E-state index contributed by atoms with van der Waals surface area (Å²) in [6.07, 6.45) is 0. The number of fused-ring (bicyclic) bond motifs is 1. The molecule has 0 aliphatic rings. The van der Waals surface area contributed by atoms with Gasteiger partial charge in [-0.3, -0.25) is 14.9 Å². The fourth-order valence-electron chi connectivity index (χ4n) is 3.15. The molecule has 0 aliphatic carbocycles.